The van der Waals surface area contributed by atoms with E-state index in [2.05, 4.69) is 10.6 Å². The number of hydrogen-bond acceptors (Lipinski definition) is 15. The van der Waals surface area contributed by atoms with E-state index in [9.17, 15) is 24.0 Å². The minimum absolute atomic E-state index is 0.0631. The van der Waals surface area contributed by atoms with Gasteiger partial charge in [0, 0.05) is 18.7 Å². The average molecular weight is 740 g/mol. The molecule has 17 nitrogen and oxygen atoms in total. The maximum absolute atomic E-state index is 13.1. The summed E-state index contributed by atoms with van der Waals surface area (Å²) in [5, 5.41) is 5.32. The molecule has 292 valence electrons. The van der Waals surface area contributed by atoms with Crippen molar-refractivity contribution in [1.29, 1.82) is 0 Å². The van der Waals surface area contributed by atoms with Crippen LogP contribution in [0, 0.1) is 0 Å². The third-order valence-corrected chi connectivity index (χ3v) is 7.27. The summed E-state index contributed by atoms with van der Waals surface area (Å²) in [6.07, 6.45) is 0.164. The number of nitrogens with one attached hydrogen (secondary N) is 2. The van der Waals surface area contributed by atoms with Crippen molar-refractivity contribution < 1.29 is 66.6 Å². The molecule has 1 saturated heterocycles. The van der Waals surface area contributed by atoms with Crippen LogP contribution in [0.15, 0.2) is 18.2 Å². The first-order valence-electron chi connectivity index (χ1n) is 17.5. The lowest BCUT2D eigenvalue weighted by molar-refractivity contribution is -0.160. The van der Waals surface area contributed by atoms with Gasteiger partial charge in [-0.15, -0.1) is 0 Å². The van der Waals surface area contributed by atoms with Gasteiger partial charge in [-0.2, -0.15) is 0 Å². The van der Waals surface area contributed by atoms with Crippen molar-refractivity contribution in [3.05, 3.63) is 29.3 Å². The van der Waals surface area contributed by atoms with Gasteiger partial charge in [-0.05, 0) is 39.3 Å². The molecule has 1 aromatic rings. The molecule has 4 amide bonds. The van der Waals surface area contributed by atoms with Crippen LogP contribution in [0.5, 0.6) is 0 Å². The van der Waals surface area contributed by atoms with Crippen molar-refractivity contribution in [2.75, 3.05) is 118 Å². The first kappa shape index (κ1) is 42.9. The summed E-state index contributed by atoms with van der Waals surface area (Å²) >= 11 is 0. The number of imide groups is 2. The van der Waals surface area contributed by atoms with Crippen LogP contribution < -0.4 is 10.6 Å². The maximum atomic E-state index is 13.1. The molecule has 2 aliphatic rings. The zero-order valence-electron chi connectivity index (χ0n) is 30.4. The number of ether oxygens (including phenoxy) is 9. The van der Waals surface area contributed by atoms with E-state index in [0.717, 1.165) is 4.90 Å². The second-order valence-corrected chi connectivity index (χ2v) is 12.5. The van der Waals surface area contributed by atoms with Crippen molar-refractivity contribution in [3.8, 4) is 0 Å². The van der Waals surface area contributed by atoms with Crippen molar-refractivity contribution in [3.63, 3.8) is 0 Å². The number of anilines is 1. The first-order chi connectivity index (χ1) is 25.1. The lowest BCUT2D eigenvalue weighted by atomic mass is 10.0. The highest BCUT2D eigenvalue weighted by Crippen LogP contribution is 2.32. The Labute approximate surface area is 304 Å². The van der Waals surface area contributed by atoms with Gasteiger partial charge in [0.05, 0.1) is 110 Å². The first-order valence-corrected chi connectivity index (χ1v) is 17.5. The normalized spacial score (nSPS) is 16.0. The fraction of sp³-hybridized carbons (Fsp3) is 0.686. The van der Waals surface area contributed by atoms with E-state index in [-0.39, 0.29) is 30.6 Å². The van der Waals surface area contributed by atoms with E-state index in [1.54, 1.807) is 39.0 Å². The van der Waals surface area contributed by atoms with Crippen molar-refractivity contribution in [2.45, 2.75) is 45.3 Å². The highest BCUT2D eigenvalue weighted by molar-refractivity contribution is 6.25. The van der Waals surface area contributed by atoms with Gasteiger partial charge >= 0.3 is 5.97 Å². The van der Waals surface area contributed by atoms with Crippen LogP contribution in [0.4, 0.5) is 5.69 Å². The van der Waals surface area contributed by atoms with Crippen LogP contribution in [-0.2, 0) is 57.0 Å². The number of carbonyl (C=O) groups is 5. The van der Waals surface area contributed by atoms with Gasteiger partial charge in [-0.3, -0.25) is 29.4 Å². The Kier molecular flexibility index (Phi) is 19.7. The summed E-state index contributed by atoms with van der Waals surface area (Å²) < 4.78 is 48.7. The van der Waals surface area contributed by atoms with Crippen LogP contribution in [0.3, 0.4) is 0 Å². The Hall–Kier alpha value is -3.55. The topological polar surface area (TPSA) is 196 Å². The number of amides is 4. The summed E-state index contributed by atoms with van der Waals surface area (Å²) in [4.78, 5) is 62.3. The SMILES string of the molecule is CC(C)(C)OC(=O)COCCOCCOCCOCCOCCOCCOCCOCCNc1cccc2c1C(=O)N(C1CCC(=O)NC1=O)C2=O. The number of fused-ring (bicyclic) bond motifs is 1. The molecule has 0 aromatic heterocycles. The molecule has 1 unspecified atom stereocenters. The van der Waals surface area contributed by atoms with Gasteiger partial charge in [0.25, 0.3) is 11.8 Å². The minimum Gasteiger partial charge on any atom is -0.458 e. The van der Waals surface area contributed by atoms with E-state index < -0.39 is 41.2 Å². The second kappa shape index (κ2) is 23.9. The van der Waals surface area contributed by atoms with Crippen molar-refractivity contribution in [1.82, 2.24) is 10.2 Å². The van der Waals surface area contributed by atoms with E-state index in [1.807, 2.05) is 0 Å². The van der Waals surface area contributed by atoms with Crippen molar-refractivity contribution >= 4 is 35.3 Å². The maximum Gasteiger partial charge on any atom is 0.332 e. The van der Waals surface area contributed by atoms with E-state index >= 15 is 0 Å². The smallest absolute Gasteiger partial charge is 0.332 e. The summed E-state index contributed by atoms with van der Waals surface area (Å²) in [6, 6.07) is 3.89. The predicted molar refractivity (Wildman–Crippen MR) is 184 cm³/mol. The predicted octanol–water partition coefficient (Wildman–Crippen LogP) is 0.974. The molecular weight excluding hydrogens is 686 g/mol. The number of nitrogens with zero attached hydrogens (tertiary/aromatic N) is 1. The van der Waals surface area contributed by atoms with Gasteiger partial charge in [-0.1, -0.05) is 6.07 Å². The summed E-state index contributed by atoms with van der Waals surface area (Å²) in [5.41, 5.74) is 0.369. The fourth-order valence-electron chi connectivity index (χ4n) is 4.99. The molecule has 0 bridgehead atoms. The van der Waals surface area contributed by atoms with Crippen LogP contribution in [0.1, 0.15) is 54.3 Å². The molecule has 0 saturated carbocycles. The van der Waals surface area contributed by atoms with Gasteiger partial charge in [0.2, 0.25) is 11.8 Å². The molecule has 1 fully saturated rings. The van der Waals surface area contributed by atoms with Crippen molar-refractivity contribution in [2.24, 2.45) is 0 Å². The zero-order valence-corrected chi connectivity index (χ0v) is 30.4. The number of carbonyl (C=O) groups excluding carboxylic acids is 5. The summed E-state index contributed by atoms with van der Waals surface area (Å²) in [5.74, 6) is -2.58. The molecule has 3 rings (SSSR count). The molecule has 52 heavy (non-hydrogen) atoms. The molecule has 2 N–H and O–H groups in total. The third kappa shape index (κ3) is 16.0. The molecule has 2 heterocycles. The Morgan fingerprint density at radius 1 is 0.712 bits per heavy atom. The minimum atomic E-state index is -1.01. The number of benzene rings is 1. The monoisotopic (exact) mass is 739 g/mol. The molecule has 17 heteroatoms. The largest absolute Gasteiger partial charge is 0.458 e. The molecule has 0 spiro atoms. The van der Waals surface area contributed by atoms with Gasteiger partial charge in [0.1, 0.15) is 18.2 Å². The molecule has 0 radical (unpaired) electrons. The van der Waals surface area contributed by atoms with E-state index in [4.69, 9.17) is 42.6 Å². The van der Waals surface area contributed by atoms with Gasteiger partial charge in [0.15, 0.2) is 0 Å². The van der Waals surface area contributed by atoms with Crippen LogP contribution >= 0.6 is 0 Å². The van der Waals surface area contributed by atoms with Crippen LogP contribution in [-0.4, -0.2) is 158 Å². The Balaban J connectivity index is 1.05. The Morgan fingerprint density at radius 3 is 1.67 bits per heavy atom. The molecule has 1 atom stereocenters. The fourth-order valence-corrected chi connectivity index (χ4v) is 4.99. The van der Waals surface area contributed by atoms with Gasteiger partial charge in [-0.25, -0.2) is 4.79 Å². The second-order valence-electron chi connectivity index (χ2n) is 12.5. The number of rotatable bonds is 28. The molecule has 2 aliphatic heterocycles. The van der Waals surface area contributed by atoms with Crippen LogP contribution in [0.25, 0.3) is 0 Å². The standard InChI is InChI=1S/C35H53N3O14/c1-35(2,3)52-30(40)25-51-24-23-50-22-21-49-20-19-48-18-17-47-16-15-46-14-13-45-12-11-44-10-9-36-27-6-4-5-26-31(27)34(43)38(33(26)42)28-7-8-29(39)37-32(28)41/h4-6,28,36H,7-25H2,1-3H3,(H,37,39,41). The van der Waals surface area contributed by atoms with E-state index in [0.29, 0.717) is 111 Å². The lowest BCUT2D eigenvalue weighted by Gasteiger charge is -2.27. The lowest BCUT2D eigenvalue weighted by Crippen LogP contribution is -2.54. The molecule has 1 aromatic carbocycles. The van der Waals surface area contributed by atoms with E-state index in [1.165, 1.54) is 0 Å². The number of hydrogen-bond donors (Lipinski definition) is 2. The highest BCUT2D eigenvalue weighted by Gasteiger charge is 2.45. The highest BCUT2D eigenvalue weighted by atomic mass is 16.6. The quantitative estimate of drug-likeness (QED) is 0.0701. The van der Waals surface area contributed by atoms with Gasteiger partial charge < -0.3 is 47.9 Å². The Bertz CT molecular complexity index is 1290. The zero-order chi connectivity index (χ0) is 37.6. The summed E-state index contributed by atoms with van der Waals surface area (Å²) in [6.45, 7) is 11.8. The molecular formula is C35H53N3O14. The summed E-state index contributed by atoms with van der Waals surface area (Å²) in [7, 11) is 0. The number of piperidine rings is 1. The molecule has 0 aliphatic carbocycles. The third-order valence-electron chi connectivity index (χ3n) is 7.27. The number of esters is 1. The van der Waals surface area contributed by atoms with Crippen LogP contribution in [0.2, 0.25) is 0 Å². The average Bonchev–Trinajstić information content (AvgIpc) is 3.35. The Morgan fingerprint density at radius 2 is 1.19 bits per heavy atom.